The van der Waals surface area contributed by atoms with Gasteiger partial charge >= 0.3 is 12.1 Å². The van der Waals surface area contributed by atoms with Crippen LogP contribution < -0.4 is 10.6 Å². The predicted octanol–water partition coefficient (Wildman–Crippen LogP) is 4.68. The number of alkyl carbamates (subject to hydrolysis) is 1. The minimum Gasteiger partial charge on any atom is -0.459 e. The molecule has 2 aromatic heterocycles. The maximum Gasteiger partial charge on any atom is 0.408 e. The third-order valence-corrected chi connectivity index (χ3v) is 6.99. The first-order valence-electron chi connectivity index (χ1n) is 11.7. The number of benzene rings is 2. The standard InChI is InChI=1S/C28H27N3O5S/c1-18-14-29-22-13-24(37-25(22)19(18)2)26(32)30-15-23(27(33)35-16-20-9-5-3-6-10-20)31-28(34)36-17-21-11-7-4-8-12-21/h3-14,23H,15-17H2,1-2H3,(H,30,32)(H,31,34)/t23-/m1/s1. The van der Waals surface area contributed by atoms with Crippen molar-refractivity contribution in [3.63, 3.8) is 0 Å². The first-order valence-corrected chi connectivity index (χ1v) is 12.5. The molecule has 2 N–H and O–H groups in total. The average Bonchev–Trinajstić information content (AvgIpc) is 3.37. The Bertz CT molecular complexity index is 1390. The van der Waals surface area contributed by atoms with Crippen molar-refractivity contribution in [1.29, 1.82) is 0 Å². The summed E-state index contributed by atoms with van der Waals surface area (Å²) in [7, 11) is 0. The molecule has 1 atom stereocenters. The van der Waals surface area contributed by atoms with E-state index in [9.17, 15) is 14.4 Å². The van der Waals surface area contributed by atoms with Crippen LogP contribution in [0, 0.1) is 13.8 Å². The van der Waals surface area contributed by atoms with Gasteiger partial charge in [0.2, 0.25) is 0 Å². The largest absolute Gasteiger partial charge is 0.459 e. The number of nitrogens with zero attached hydrogens (tertiary/aromatic N) is 1. The number of pyridine rings is 1. The van der Waals surface area contributed by atoms with E-state index < -0.39 is 18.1 Å². The van der Waals surface area contributed by atoms with E-state index in [-0.39, 0.29) is 25.7 Å². The second-order valence-corrected chi connectivity index (χ2v) is 9.51. The highest BCUT2D eigenvalue weighted by Gasteiger charge is 2.25. The van der Waals surface area contributed by atoms with Crippen LogP contribution in [0.15, 0.2) is 72.9 Å². The van der Waals surface area contributed by atoms with Crippen molar-refractivity contribution in [2.24, 2.45) is 0 Å². The smallest absolute Gasteiger partial charge is 0.408 e. The van der Waals surface area contributed by atoms with Crippen LogP contribution in [0.1, 0.15) is 31.9 Å². The molecule has 37 heavy (non-hydrogen) atoms. The van der Waals surface area contributed by atoms with Crippen LogP contribution >= 0.6 is 11.3 Å². The lowest BCUT2D eigenvalue weighted by Crippen LogP contribution is -2.49. The van der Waals surface area contributed by atoms with Crippen LogP contribution in [0.2, 0.25) is 0 Å². The van der Waals surface area contributed by atoms with Gasteiger partial charge in [-0.3, -0.25) is 9.78 Å². The van der Waals surface area contributed by atoms with Crippen molar-refractivity contribution in [2.45, 2.75) is 33.1 Å². The van der Waals surface area contributed by atoms with Gasteiger partial charge in [-0.2, -0.15) is 0 Å². The van der Waals surface area contributed by atoms with Gasteiger partial charge in [0.25, 0.3) is 5.91 Å². The molecule has 0 unspecified atom stereocenters. The quantitative estimate of drug-likeness (QED) is 0.312. The molecule has 2 amide bonds. The van der Waals surface area contributed by atoms with Gasteiger partial charge in [-0.1, -0.05) is 60.7 Å². The molecule has 0 aliphatic heterocycles. The van der Waals surface area contributed by atoms with E-state index in [0.717, 1.165) is 32.5 Å². The van der Waals surface area contributed by atoms with Crippen molar-refractivity contribution in [3.8, 4) is 0 Å². The summed E-state index contributed by atoms with van der Waals surface area (Å²) in [5.74, 6) is -1.06. The normalized spacial score (nSPS) is 11.5. The maximum atomic E-state index is 12.9. The number of fused-ring (bicyclic) bond motifs is 1. The topological polar surface area (TPSA) is 107 Å². The Hall–Kier alpha value is -4.24. The van der Waals surface area contributed by atoms with E-state index in [4.69, 9.17) is 9.47 Å². The molecule has 0 saturated carbocycles. The summed E-state index contributed by atoms with van der Waals surface area (Å²) in [6.07, 6.45) is 0.979. The predicted molar refractivity (Wildman–Crippen MR) is 141 cm³/mol. The second kappa shape index (κ2) is 12.1. The third kappa shape index (κ3) is 6.92. The molecular weight excluding hydrogens is 490 g/mol. The van der Waals surface area contributed by atoms with E-state index in [2.05, 4.69) is 15.6 Å². The van der Waals surface area contributed by atoms with E-state index in [1.54, 1.807) is 12.3 Å². The SMILES string of the molecule is Cc1cnc2cc(C(=O)NC[C@@H](NC(=O)OCc3ccccc3)C(=O)OCc3ccccc3)sc2c1C. The van der Waals surface area contributed by atoms with Crippen molar-refractivity contribution in [2.75, 3.05) is 6.54 Å². The molecule has 190 valence electrons. The van der Waals surface area contributed by atoms with Crippen LogP contribution in [0.25, 0.3) is 10.2 Å². The zero-order valence-electron chi connectivity index (χ0n) is 20.5. The lowest BCUT2D eigenvalue weighted by Gasteiger charge is -2.18. The number of esters is 1. The van der Waals surface area contributed by atoms with Gasteiger partial charge in [0.05, 0.1) is 15.1 Å². The third-order valence-electron chi connectivity index (χ3n) is 5.75. The summed E-state index contributed by atoms with van der Waals surface area (Å²) in [5, 5.41) is 5.24. The Morgan fingerprint density at radius 3 is 2.19 bits per heavy atom. The maximum absolute atomic E-state index is 12.9. The molecule has 0 fully saturated rings. The molecule has 0 aliphatic rings. The molecule has 2 heterocycles. The molecule has 0 spiro atoms. The van der Waals surface area contributed by atoms with Crippen LogP contribution in [0.3, 0.4) is 0 Å². The molecule has 0 bridgehead atoms. The highest BCUT2D eigenvalue weighted by atomic mass is 32.1. The Labute approximate surface area is 218 Å². The fourth-order valence-electron chi connectivity index (χ4n) is 3.51. The fourth-order valence-corrected chi connectivity index (χ4v) is 4.60. The highest BCUT2D eigenvalue weighted by molar-refractivity contribution is 7.21. The zero-order valence-corrected chi connectivity index (χ0v) is 21.3. The molecule has 4 aromatic rings. The lowest BCUT2D eigenvalue weighted by atomic mass is 10.2. The van der Waals surface area contributed by atoms with Crippen LogP contribution in [0.5, 0.6) is 0 Å². The molecule has 9 heteroatoms. The molecule has 4 rings (SSSR count). The average molecular weight is 518 g/mol. The first kappa shape index (κ1) is 25.8. The summed E-state index contributed by atoms with van der Waals surface area (Å²) in [5.41, 5.74) is 4.45. The number of thiophene rings is 1. The molecule has 8 nitrogen and oxygen atoms in total. The Morgan fingerprint density at radius 2 is 1.54 bits per heavy atom. The minimum absolute atomic E-state index is 0.0332. The summed E-state index contributed by atoms with van der Waals surface area (Å²) in [6.45, 7) is 3.85. The van der Waals surface area contributed by atoms with Gasteiger partial charge in [0, 0.05) is 12.7 Å². The zero-order chi connectivity index (χ0) is 26.2. The first-order chi connectivity index (χ1) is 17.9. The lowest BCUT2D eigenvalue weighted by molar-refractivity contribution is -0.147. The van der Waals surface area contributed by atoms with Crippen molar-refractivity contribution in [3.05, 3.63) is 100 Å². The van der Waals surface area contributed by atoms with Gasteiger partial charge in [-0.15, -0.1) is 11.3 Å². The van der Waals surface area contributed by atoms with Gasteiger partial charge in [0.15, 0.2) is 0 Å². The number of ether oxygens (including phenoxy) is 2. The van der Waals surface area contributed by atoms with Crippen LogP contribution in [0.4, 0.5) is 4.79 Å². The van der Waals surface area contributed by atoms with Crippen molar-refractivity contribution in [1.82, 2.24) is 15.6 Å². The number of hydrogen-bond acceptors (Lipinski definition) is 7. The Morgan fingerprint density at radius 1 is 0.919 bits per heavy atom. The van der Waals surface area contributed by atoms with E-state index >= 15 is 0 Å². The monoisotopic (exact) mass is 517 g/mol. The molecule has 2 aromatic carbocycles. The highest BCUT2D eigenvalue weighted by Crippen LogP contribution is 2.28. The number of hydrogen-bond donors (Lipinski definition) is 2. The number of carbonyl (C=O) groups is 3. The molecule has 0 radical (unpaired) electrons. The summed E-state index contributed by atoms with van der Waals surface area (Å²) < 4.78 is 11.6. The van der Waals surface area contributed by atoms with E-state index in [1.165, 1.54) is 11.3 Å². The Kier molecular flexibility index (Phi) is 8.48. The molecule has 0 aliphatic carbocycles. The number of amides is 2. The van der Waals surface area contributed by atoms with Gasteiger partial charge in [-0.25, -0.2) is 9.59 Å². The number of carbonyl (C=O) groups excluding carboxylic acids is 3. The van der Waals surface area contributed by atoms with Crippen LogP contribution in [-0.2, 0) is 27.5 Å². The molecular formula is C28H27N3O5S. The number of aromatic nitrogens is 1. The van der Waals surface area contributed by atoms with E-state index in [1.807, 2.05) is 74.5 Å². The minimum atomic E-state index is -1.15. The Balaban J connectivity index is 1.41. The van der Waals surface area contributed by atoms with Crippen molar-refractivity contribution < 1.29 is 23.9 Å². The fraction of sp³-hybridized carbons (Fsp3) is 0.214. The van der Waals surface area contributed by atoms with E-state index in [0.29, 0.717) is 4.88 Å². The van der Waals surface area contributed by atoms with Gasteiger partial charge in [0.1, 0.15) is 19.3 Å². The van der Waals surface area contributed by atoms with Crippen molar-refractivity contribution >= 4 is 39.5 Å². The second-order valence-electron chi connectivity index (χ2n) is 8.45. The van der Waals surface area contributed by atoms with Crippen LogP contribution in [-0.4, -0.2) is 35.5 Å². The number of nitrogens with one attached hydrogen (secondary N) is 2. The summed E-state index contributed by atoms with van der Waals surface area (Å²) >= 11 is 1.33. The number of rotatable bonds is 9. The molecule has 0 saturated heterocycles. The summed E-state index contributed by atoms with van der Waals surface area (Å²) in [4.78, 5) is 43.0. The summed E-state index contributed by atoms with van der Waals surface area (Å²) in [6, 6.07) is 18.9. The number of aryl methyl sites for hydroxylation is 2. The van der Waals surface area contributed by atoms with Gasteiger partial charge < -0.3 is 20.1 Å². The van der Waals surface area contributed by atoms with Gasteiger partial charge in [-0.05, 0) is 42.2 Å².